The topological polar surface area (TPSA) is 52.6 Å². The third kappa shape index (κ3) is 26.3. The molecule has 1 aliphatic rings. The average molecular weight is 863 g/mol. The van der Waals surface area contributed by atoms with Crippen LogP contribution in [0.25, 0.3) is 0 Å². The molecule has 0 aromatic carbocycles. The Morgan fingerprint density at radius 2 is 0.571 bits per heavy atom. The van der Waals surface area contributed by atoms with E-state index in [1.54, 1.807) is 6.92 Å². The van der Waals surface area contributed by atoms with Crippen molar-refractivity contribution in [2.75, 3.05) is 14.2 Å². The smallest absolute Gasteiger partial charge is 0.228 e. The Hall–Kier alpha value is -4.18. The summed E-state index contributed by atoms with van der Waals surface area (Å²) in [5.41, 5.74) is 15.5. The molecule has 63 heavy (non-hydrogen) atoms. The van der Waals surface area contributed by atoms with E-state index in [0.29, 0.717) is 17.6 Å². The summed E-state index contributed by atoms with van der Waals surface area (Å²) < 4.78 is 10.3. The Labute approximate surface area is 387 Å². The van der Waals surface area contributed by atoms with Gasteiger partial charge in [-0.05, 0) is 205 Å². The highest BCUT2D eigenvalue weighted by molar-refractivity contribution is 6.23. The molecule has 0 aromatic heterocycles. The molecule has 0 heterocycles. The lowest BCUT2D eigenvalue weighted by Crippen LogP contribution is -2.24. The lowest BCUT2D eigenvalue weighted by molar-refractivity contribution is -0.121. The Kier molecular flexibility index (Phi) is 30.1. The second kappa shape index (κ2) is 33.3. The average Bonchev–Trinajstić information content (AvgIpc) is 3.21. The molecule has 1 rings (SSSR count). The second-order valence-corrected chi connectivity index (χ2v) is 18.6. The molecular weight excluding hydrogens is 773 g/mol. The van der Waals surface area contributed by atoms with Crippen molar-refractivity contribution in [1.82, 2.24) is 0 Å². The monoisotopic (exact) mass is 863 g/mol. The van der Waals surface area contributed by atoms with Crippen LogP contribution in [0.4, 0.5) is 0 Å². The molecule has 0 atom stereocenters. The van der Waals surface area contributed by atoms with Crippen LogP contribution < -0.4 is 0 Å². The van der Waals surface area contributed by atoms with Gasteiger partial charge in [-0.2, -0.15) is 0 Å². The molecule has 4 nitrogen and oxygen atoms in total. The zero-order valence-corrected chi connectivity index (χ0v) is 42.8. The Morgan fingerprint density at radius 1 is 0.349 bits per heavy atom. The van der Waals surface area contributed by atoms with Gasteiger partial charge in [0.15, 0.2) is 0 Å². The van der Waals surface area contributed by atoms with E-state index in [1.807, 2.05) is 0 Å². The summed E-state index contributed by atoms with van der Waals surface area (Å²) in [4.78, 5) is 25.5. The number of carbonyl (C=O) groups is 2. The maximum Gasteiger partial charge on any atom is 0.228 e. The van der Waals surface area contributed by atoms with Crippen LogP contribution in [0.1, 0.15) is 205 Å². The number of Topliss-reactive ketones (excluding diaryl/α,β-unsaturated/α-hetero) is 2. The lowest BCUT2D eigenvalue weighted by atomic mass is 9.90. The standard InChI is InChI=1S/C59H90O4/c1-44(2)24-15-25-45(3)26-16-27-46(4)28-17-29-47(5)30-18-31-48(6)32-19-33-49(7)34-20-35-50(8)36-21-37-51(9)38-22-39-52(10)40-23-41-53(11)42-43-55-54(12)56(60)58(62-13)59(63-14)57(55)61/h24,26,28,30,32,34,36,38,40,42H,15-23,25,27,29,31,33,35,37,39,41,43H2,1-14H3/b45-26?,46-28?,47-30-,48-32+,49-34+,50-36+,51-38-,52-40+,53-42-. The molecule has 0 radical (unpaired) electrons. The molecule has 350 valence electrons. The van der Waals surface area contributed by atoms with Gasteiger partial charge < -0.3 is 9.47 Å². The van der Waals surface area contributed by atoms with E-state index in [0.717, 1.165) is 96.3 Å². The van der Waals surface area contributed by atoms with E-state index in [1.165, 1.54) is 89.2 Å². The first-order valence-electron chi connectivity index (χ1n) is 24.1. The summed E-state index contributed by atoms with van der Waals surface area (Å²) in [6, 6.07) is 0. The molecule has 0 aliphatic heterocycles. The Balaban J connectivity index is 2.31. The summed E-state index contributed by atoms with van der Waals surface area (Å²) in [5, 5.41) is 0. The van der Waals surface area contributed by atoms with Crippen LogP contribution in [0.15, 0.2) is 139 Å². The third-order valence-electron chi connectivity index (χ3n) is 12.1. The first-order chi connectivity index (χ1) is 30.0. The molecule has 4 heteroatoms. The molecule has 0 saturated heterocycles. The first-order valence-corrected chi connectivity index (χ1v) is 24.1. The van der Waals surface area contributed by atoms with Crippen molar-refractivity contribution < 1.29 is 19.1 Å². The number of allylic oxidation sites excluding steroid dienone is 22. The summed E-state index contributed by atoms with van der Waals surface area (Å²) in [5.74, 6) is -0.572. The van der Waals surface area contributed by atoms with Crippen LogP contribution in [-0.2, 0) is 19.1 Å². The predicted octanol–water partition coefficient (Wildman–Crippen LogP) is 17.9. The van der Waals surface area contributed by atoms with E-state index in [9.17, 15) is 9.59 Å². The summed E-state index contributed by atoms with van der Waals surface area (Å²) >= 11 is 0. The quantitative estimate of drug-likeness (QED) is 0.0515. The van der Waals surface area contributed by atoms with Crippen LogP contribution in [0.5, 0.6) is 0 Å². The van der Waals surface area contributed by atoms with Gasteiger partial charge in [0, 0.05) is 11.1 Å². The molecule has 0 saturated carbocycles. The van der Waals surface area contributed by atoms with Crippen molar-refractivity contribution >= 4 is 11.6 Å². The number of ether oxygens (including phenoxy) is 2. The van der Waals surface area contributed by atoms with Crippen molar-refractivity contribution in [3.63, 3.8) is 0 Å². The molecule has 0 spiro atoms. The van der Waals surface area contributed by atoms with E-state index in [-0.39, 0.29) is 23.1 Å². The molecule has 0 bridgehead atoms. The minimum Gasteiger partial charge on any atom is -0.489 e. The van der Waals surface area contributed by atoms with Gasteiger partial charge in [-0.1, -0.05) is 116 Å². The van der Waals surface area contributed by atoms with Gasteiger partial charge in [-0.3, -0.25) is 9.59 Å². The molecule has 0 fully saturated rings. The van der Waals surface area contributed by atoms with Gasteiger partial charge in [-0.25, -0.2) is 0 Å². The highest BCUT2D eigenvalue weighted by Crippen LogP contribution is 2.28. The van der Waals surface area contributed by atoms with E-state index < -0.39 is 0 Å². The minimum absolute atomic E-state index is 0.00667. The van der Waals surface area contributed by atoms with Crippen molar-refractivity contribution in [2.24, 2.45) is 0 Å². The molecular formula is C59H90O4. The largest absolute Gasteiger partial charge is 0.489 e. The van der Waals surface area contributed by atoms with Crippen molar-refractivity contribution in [3.05, 3.63) is 139 Å². The van der Waals surface area contributed by atoms with Crippen LogP contribution >= 0.6 is 0 Å². The van der Waals surface area contributed by atoms with Crippen LogP contribution in [0.3, 0.4) is 0 Å². The normalized spacial score (nSPS) is 15.9. The van der Waals surface area contributed by atoms with Crippen LogP contribution in [0.2, 0.25) is 0 Å². The molecule has 0 N–H and O–H groups in total. The maximum atomic E-state index is 12.9. The number of carbonyl (C=O) groups excluding carboxylic acids is 2. The SMILES string of the molecule is COC1=C(OC)C(=O)C(C/C=C(/C)CC/C=C(\C)CC/C=C(/C)CC/C=C(\C)CC/C=C(\C)CC/C=C(\C)CC/C=C(/C)CCC=C(C)CCC=C(C)CCC=C(C)C)=C(C)C1=O. The van der Waals surface area contributed by atoms with Crippen LogP contribution in [-0.4, -0.2) is 25.8 Å². The van der Waals surface area contributed by atoms with E-state index in [2.05, 4.69) is 137 Å². The van der Waals surface area contributed by atoms with E-state index >= 15 is 0 Å². The molecule has 0 unspecified atom stereocenters. The highest BCUT2D eigenvalue weighted by atomic mass is 16.5. The summed E-state index contributed by atoms with van der Waals surface area (Å²) in [7, 11) is 2.78. The van der Waals surface area contributed by atoms with Gasteiger partial charge in [0.2, 0.25) is 23.1 Å². The Morgan fingerprint density at radius 3 is 0.810 bits per heavy atom. The molecule has 0 aromatic rings. The predicted molar refractivity (Wildman–Crippen MR) is 275 cm³/mol. The highest BCUT2D eigenvalue weighted by Gasteiger charge is 2.34. The Bertz CT molecular complexity index is 1840. The second-order valence-electron chi connectivity index (χ2n) is 18.6. The number of hydrogen-bond acceptors (Lipinski definition) is 4. The van der Waals surface area contributed by atoms with Crippen molar-refractivity contribution in [1.29, 1.82) is 0 Å². The van der Waals surface area contributed by atoms with Gasteiger partial charge >= 0.3 is 0 Å². The fraction of sp³-hybridized carbons (Fsp3) is 0.559. The van der Waals surface area contributed by atoms with E-state index in [4.69, 9.17) is 9.47 Å². The zero-order valence-electron chi connectivity index (χ0n) is 42.8. The molecule has 1 aliphatic carbocycles. The number of methoxy groups -OCH3 is 2. The number of rotatable bonds is 31. The van der Waals surface area contributed by atoms with Gasteiger partial charge in [-0.15, -0.1) is 0 Å². The summed E-state index contributed by atoms with van der Waals surface area (Å²) in [6.07, 6.45) is 44.3. The maximum absolute atomic E-state index is 12.9. The first kappa shape index (κ1) is 56.8. The van der Waals surface area contributed by atoms with Crippen molar-refractivity contribution in [2.45, 2.75) is 205 Å². The minimum atomic E-state index is -0.284. The molecule has 0 amide bonds. The van der Waals surface area contributed by atoms with Gasteiger partial charge in [0.1, 0.15) is 0 Å². The zero-order chi connectivity index (χ0) is 47.2. The van der Waals surface area contributed by atoms with Gasteiger partial charge in [0.25, 0.3) is 0 Å². The van der Waals surface area contributed by atoms with Crippen molar-refractivity contribution in [3.8, 4) is 0 Å². The third-order valence-corrected chi connectivity index (χ3v) is 12.1. The van der Waals surface area contributed by atoms with Gasteiger partial charge in [0.05, 0.1) is 14.2 Å². The number of hydrogen-bond donors (Lipinski definition) is 0. The fourth-order valence-electron chi connectivity index (χ4n) is 7.59. The fourth-order valence-corrected chi connectivity index (χ4v) is 7.59. The lowest BCUT2D eigenvalue weighted by Gasteiger charge is -2.19. The summed E-state index contributed by atoms with van der Waals surface area (Å²) in [6.45, 7) is 26.3. The number of ketones is 2. The van der Waals surface area contributed by atoms with Crippen LogP contribution in [0, 0.1) is 0 Å².